The van der Waals surface area contributed by atoms with Crippen molar-refractivity contribution in [2.45, 2.75) is 44.9 Å². The normalized spacial score (nSPS) is 18.0. The van der Waals surface area contributed by atoms with Gasteiger partial charge in [-0.1, -0.05) is 55.0 Å². The molecule has 2 amide bonds. The maximum atomic E-state index is 13.6. The molecule has 0 aliphatic carbocycles. The Morgan fingerprint density at radius 2 is 1.66 bits per heavy atom. The Hall–Kier alpha value is -3.74. The lowest BCUT2D eigenvalue weighted by atomic mass is 9.73. The van der Waals surface area contributed by atoms with Gasteiger partial charge in [0.15, 0.2) is 0 Å². The van der Waals surface area contributed by atoms with Gasteiger partial charge in [-0.25, -0.2) is 4.98 Å². The minimum Gasteiger partial charge on any atom is -0.491 e. The van der Waals surface area contributed by atoms with Crippen molar-refractivity contribution in [3.8, 4) is 5.75 Å². The summed E-state index contributed by atoms with van der Waals surface area (Å²) in [5, 5.41) is 0. The number of carbonyl (C=O) groups is 2. The van der Waals surface area contributed by atoms with Crippen LogP contribution < -0.4 is 4.74 Å². The van der Waals surface area contributed by atoms with Crippen LogP contribution in [0.1, 0.15) is 53.7 Å². The van der Waals surface area contributed by atoms with Crippen molar-refractivity contribution in [1.29, 1.82) is 0 Å². The van der Waals surface area contributed by atoms with Gasteiger partial charge in [0.2, 0.25) is 5.91 Å². The topological polar surface area (TPSA) is 75.6 Å². The number of aryl methyl sites for hydroxylation is 1. The first-order chi connectivity index (χ1) is 18.6. The molecule has 0 N–H and O–H groups in total. The second-order valence-electron chi connectivity index (χ2n) is 10.5. The molecule has 38 heavy (non-hydrogen) atoms. The number of rotatable bonds is 3. The molecule has 7 heteroatoms. The van der Waals surface area contributed by atoms with Crippen molar-refractivity contribution in [3.63, 3.8) is 0 Å². The summed E-state index contributed by atoms with van der Waals surface area (Å²) in [6.45, 7) is 2.97. The second kappa shape index (κ2) is 12.2. The fourth-order valence-electron chi connectivity index (χ4n) is 5.76. The molecule has 0 saturated carbocycles. The molecule has 0 radical (unpaired) electrons. The van der Waals surface area contributed by atoms with Gasteiger partial charge >= 0.3 is 0 Å². The Labute approximate surface area is 224 Å². The second-order valence-corrected chi connectivity index (χ2v) is 10.5. The molecule has 3 heterocycles. The summed E-state index contributed by atoms with van der Waals surface area (Å²) in [5.74, 6) is 0.964. The molecule has 1 spiro atoms. The molecular formula is C31H36N4O3. The quantitative estimate of drug-likeness (QED) is 0.514. The number of piperidine rings is 1. The summed E-state index contributed by atoms with van der Waals surface area (Å²) in [7, 11) is 0. The number of likely N-dealkylation sites (tertiary alicyclic amines) is 1. The third-order valence-corrected chi connectivity index (χ3v) is 7.97. The lowest BCUT2D eigenvalue weighted by Gasteiger charge is -2.45. The van der Waals surface area contributed by atoms with Crippen LogP contribution in [-0.4, -0.2) is 64.4 Å². The van der Waals surface area contributed by atoms with E-state index in [-0.39, 0.29) is 17.2 Å². The first-order valence-electron chi connectivity index (χ1n) is 13.7. The minimum atomic E-state index is -0.117. The number of amides is 2. The molecule has 2 aromatic carbocycles. The molecule has 0 atom stereocenters. The predicted molar refractivity (Wildman–Crippen MR) is 146 cm³/mol. The highest BCUT2D eigenvalue weighted by Crippen LogP contribution is 2.39. The predicted octanol–water partition coefficient (Wildman–Crippen LogP) is 4.58. The minimum absolute atomic E-state index is 0.0416. The van der Waals surface area contributed by atoms with E-state index in [0.717, 1.165) is 62.9 Å². The van der Waals surface area contributed by atoms with Gasteiger partial charge in [0.05, 0.1) is 19.2 Å². The van der Waals surface area contributed by atoms with E-state index in [0.29, 0.717) is 31.8 Å². The zero-order valence-electron chi connectivity index (χ0n) is 21.9. The van der Waals surface area contributed by atoms with E-state index in [4.69, 9.17) is 4.74 Å². The lowest BCUT2D eigenvalue weighted by molar-refractivity contribution is -0.133. The highest BCUT2D eigenvalue weighted by atomic mass is 16.5. The number of nitrogens with zero attached hydrogens (tertiary/aromatic N) is 4. The summed E-state index contributed by atoms with van der Waals surface area (Å²) in [6.07, 6.45) is 11.0. The van der Waals surface area contributed by atoms with E-state index in [1.807, 2.05) is 52.3 Å². The number of benzene rings is 2. The van der Waals surface area contributed by atoms with E-state index in [1.165, 1.54) is 11.8 Å². The number of carbonyl (C=O) groups excluding carboxylic acids is 2. The molecule has 0 unspecified atom stereocenters. The molecule has 198 valence electrons. The number of aromatic nitrogens is 2. The molecule has 0 bridgehead atoms. The van der Waals surface area contributed by atoms with E-state index in [9.17, 15) is 9.59 Å². The number of para-hydroxylation sites is 1. The molecule has 1 aromatic heterocycles. The lowest BCUT2D eigenvalue weighted by Crippen LogP contribution is -2.50. The van der Waals surface area contributed by atoms with Crippen molar-refractivity contribution in [2.75, 3.05) is 32.8 Å². The first kappa shape index (κ1) is 25.9. The largest absolute Gasteiger partial charge is 0.491 e. The SMILES string of the molecule is O=C(Cc1ccccc1)N1CCC2(CCCCc3ccccc3OCCN(C(=O)c3cnccn3)C2)CC1. The Bertz CT molecular complexity index is 1210. The Morgan fingerprint density at radius 1 is 0.868 bits per heavy atom. The van der Waals surface area contributed by atoms with Crippen LogP contribution in [0.3, 0.4) is 0 Å². The van der Waals surface area contributed by atoms with Crippen molar-refractivity contribution in [1.82, 2.24) is 19.8 Å². The van der Waals surface area contributed by atoms with Gasteiger partial charge < -0.3 is 14.5 Å². The summed E-state index contributed by atoms with van der Waals surface area (Å²) in [4.78, 5) is 38.9. The van der Waals surface area contributed by atoms with Gasteiger partial charge in [-0.3, -0.25) is 14.6 Å². The van der Waals surface area contributed by atoms with Crippen LogP contribution in [0.2, 0.25) is 0 Å². The van der Waals surface area contributed by atoms with E-state index in [2.05, 4.69) is 22.1 Å². The fraction of sp³-hybridized carbons (Fsp3) is 0.419. The van der Waals surface area contributed by atoms with Crippen LogP contribution in [0.5, 0.6) is 5.75 Å². The van der Waals surface area contributed by atoms with Gasteiger partial charge in [-0.2, -0.15) is 0 Å². The van der Waals surface area contributed by atoms with Crippen LogP contribution in [0, 0.1) is 5.41 Å². The van der Waals surface area contributed by atoms with Gasteiger partial charge in [0.1, 0.15) is 18.1 Å². The average molecular weight is 513 g/mol. The van der Waals surface area contributed by atoms with E-state index >= 15 is 0 Å². The Morgan fingerprint density at radius 3 is 2.45 bits per heavy atom. The van der Waals surface area contributed by atoms with Crippen LogP contribution in [0.15, 0.2) is 73.2 Å². The molecule has 5 rings (SSSR count). The zero-order valence-corrected chi connectivity index (χ0v) is 21.9. The van der Waals surface area contributed by atoms with Crippen LogP contribution in [-0.2, 0) is 17.6 Å². The van der Waals surface area contributed by atoms with E-state index in [1.54, 1.807) is 12.4 Å². The Kier molecular flexibility index (Phi) is 8.31. The smallest absolute Gasteiger partial charge is 0.274 e. The van der Waals surface area contributed by atoms with Gasteiger partial charge in [0, 0.05) is 32.0 Å². The molecule has 7 nitrogen and oxygen atoms in total. The molecule has 1 saturated heterocycles. The van der Waals surface area contributed by atoms with E-state index < -0.39 is 0 Å². The highest BCUT2D eigenvalue weighted by molar-refractivity contribution is 5.92. The van der Waals surface area contributed by atoms with Gasteiger partial charge in [-0.05, 0) is 54.7 Å². The molecule has 1 fully saturated rings. The monoisotopic (exact) mass is 512 g/mol. The summed E-state index contributed by atoms with van der Waals surface area (Å²) in [6, 6.07) is 18.1. The third kappa shape index (κ3) is 6.39. The summed E-state index contributed by atoms with van der Waals surface area (Å²) < 4.78 is 6.17. The average Bonchev–Trinajstić information content (AvgIpc) is 2.96. The van der Waals surface area contributed by atoms with Crippen molar-refractivity contribution in [2.24, 2.45) is 5.41 Å². The summed E-state index contributed by atoms with van der Waals surface area (Å²) >= 11 is 0. The highest BCUT2D eigenvalue weighted by Gasteiger charge is 2.38. The zero-order chi connectivity index (χ0) is 26.2. The van der Waals surface area contributed by atoms with Crippen molar-refractivity contribution >= 4 is 11.8 Å². The number of fused-ring (bicyclic) bond motifs is 1. The maximum absolute atomic E-state index is 13.6. The van der Waals surface area contributed by atoms with Crippen LogP contribution in [0.25, 0.3) is 0 Å². The van der Waals surface area contributed by atoms with Crippen molar-refractivity contribution < 1.29 is 14.3 Å². The number of hydrogen-bond donors (Lipinski definition) is 0. The molecule has 2 aliphatic rings. The molecular weight excluding hydrogens is 476 g/mol. The maximum Gasteiger partial charge on any atom is 0.274 e. The Balaban J connectivity index is 1.33. The number of hydrogen-bond acceptors (Lipinski definition) is 5. The standard InChI is InChI=1S/C31H36N4O3/c36-29(22-25-8-2-1-3-9-25)34-18-14-31(15-19-34)13-7-6-11-26-10-4-5-12-28(26)38-21-20-35(24-31)30(37)27-23-32-16-17-33-27/h1-5,8-10,12,16-17,23H,6-7,11,13-15,18-22,24H2. The molecule has 3 aromatic rings. The van der Waals surface area contributed by atoms with Crippen LogP contribution in [0.4, 0.5) is 0 Å². The molecule has 2 aliphatic heterocycles. The summed E-state index contributed by atoms with van der Waals surface area (Å²) in [5.41, 5.74) is 2.57. The van der Waals surface area contributed by atoms with Gasteiger partial charge in [-0.15, -0.1) is 0 Å². The number of ether oxygens (including phenoxy) is 1. The fourth-order valence-corrected chi connectivity index (χ4v) is 5.76. The van der Waals surface area contributed by atoms with Gasteiger partial charge in [0.25, 0.3) is 5.91 Å². The van der Waals surface area contributed by atoms with Crippen LogP contribution >= 0.6 is 0 Å². The third-order valence-electron chi connectivity index (χ3n) is 7.97. The first-order valence-corrected chi connectivity index (χ1v) is 13.7. The van der Waals surface area contributed by atoms with Crippen molar-refractivity contribution in [3.05, 3.63) is 90.0 Å².